The monoisotopic (exact) mass is 249 g/mol. The van der Waals surface area contributed by atoms with Gasteiger partial charge in [0.1, 0.15) is 11.8 Å². The summed E-state index contributed by atoms with van der Waals surface area (Å²) in [6.45, 7) is 0.966. The van der Waals surface area contributed by atoms with E-state index in [4.69, 9.17) is 5.26 Å². The Bertz CT molecular complexity index is 360. The van der Waals surface area contributed by atoms with Crippen molar-refractivity contribution in [3.05, 3.63) is 24.0 Å². The molecule has 0 aliphatic heterocycles. The van der Waals surface area contributed by atoms with Crippen LogP contribution in [0.2, 0.25) is 0 Å². The molecule has 0 radical (unpaired) electrons. The molecule has 0 saturated carbocycles. The molecule has 1 aromatic heterocycles. The maximum atomic E-state index is 8.71. The van der Waals surface area contributed by atoms with E-state index < -0.39 is 0 Å². The average Bonchev–Trinajstić information content (AvgIpc) is 2.38. The number of hydrogen-bond acceptors (Lipinski definition) is 4. The molecule has 4 heteroatoms. The fraction of sp³-hybridized carbons (Fsp3) is 0.538. The molecule has 0 aromatic carbocycles. The standard InChI is InChI=1S/C13H19N3S/c1-17-9-5-3-2-4-7-15-12-6-8-16-13(10-12)11-14/h6,8,10H,2-5,7,9H2,1H3,(H,15,16). The lowest BCUT2D eigenvalue weighted by molar-refractivity contribution is 0.689. The number of rotatable bonds is 8. The maximum absolute atomic E-state index is 8.71. The van der Waals surface area contributed by atoms with Crippen molar-refractivity contribution in [2.45, 2.75) is 25.7 Å². The van der Waals surface area contributed by atoms with Crippen LogP contribution < -0.4 is 5.32 Å². The van der Waals surface area contributed by atoms with E-state index >= 15 is 0 Å². The minimum Gasteiger partial charge on any atom is -0.385 e. The smallest absolute Gasteiger partial charge is 0.142 e. The number of thioether (sulfide) groups is 1. The van der Waals surface area contributed by atoms with Gasteiger partial charge in [0.25, 0.3) is 0 Å². The highest BCUT2D eigenvalue weighted by Crippen LogP contribution is 2.08. The van der Waals surface area contributed by atoms with Crippen LogP contribution in [0.5, 0.6) is 0 Å². The predicted molar refractivity (Wildman–Crippen MR) is 74.3 cm³/mol. The van der Waals surface area contributed by atoms with Crippen LogP contribution in [0.25, 0.3) is 0 Å². The molecule has 0 bridgehead atoms. The van der Waals surface area contributed by atoms with Gasteiger partial charge in [-0.2, -0.15) is 17.0 Å². The third-order valence-electron chi connectivity index (χ3n) is 2.48. The number of anilines is 1. The summed E-state index contributed by atoms with van der Waals surface area (Å²) in [4.78, 5) is 3.93. The first-order valence-corrected chi connectivity index (χ1v) is 7.35. The molecule has 0 spiro atoms. The zero-order valence-corrected chi connectivity index (χ0v) is 11.1. The van der Waals surface area contributed by atoms with Gasteiger partial charge in [0, 0.05) is 18.4 Å². The summed E-state index contributed by atoms with van der Waals surface area (Å²) in [5.41, 5.74) is 1.45. The van der Waals surface area contributed by atoms with Crippen molar-refractivity contribution in [3.8, 4) is 6.07 Å². The van der Waals surface area contributed by atoms with E-state index in [9.17, 15) is 0 Å². The molecule has 0 amide bonds. The van der Waals surface area contributed by atoms with Gasteiger partial charge in [0.05, 0.1) is 0 Å². The Kier molecular flexibility index (Phi) is 7.24. The van der Waals surface area contributed by atoms with E-state index in [-0.39, 0.29) is 0 Å². The van der Waals surface area contributed by atoms with Crippen molar-refractivity contribution in [1.29, 1.82) is 5.26 Å². The lowest BCUT2D eigenvalue weighted by atomic mass is 10.2. The first-order valence-electron chi connectivity index (χ1n) is 5.96. The number of unbranched alkanes of at least 4 members (excludes halogenated alkanes) is 3. The van der Waals surface area contributed by atoms with Gasteiger partial charge in [0.2, 0.25) is 0 Å². The molecule has 0 atom stereocenters. The average molecular weight is 249 g/mol. The van der Waals surface area contributed by atoms with Crippen molar-refractivity contribution in [2.24, 2.45) is 0 Å². The highest BCUT2D eigenvalue weighted by molar-refractivity contribution is 7.98. The number of nitrogens with one attached hydrogen (secondary N) is 1. The van der Waals surface area contributed by atoms with Gasteiger partial charge in [-0.1, -0.05) is 12.8 Å². The second-order valence-electron chi connectivity index (χ2n) is 3.88. The minimum atomic E-state index is 0.468. The Morgan fingerprint density at radius 1 is 1.35 bits per heavy atom. The van der Waals surface area contributed by atoms with Crippen LogP contribution in [0, 0.1) is 11.3 Å². The van der Waals surface area contributed by atoms with E-state index in [1.54, 1.807) is 12.3 Å². The lowest BCUT2D eigenvalue weighted by Crippen LogP contribution is -2.02. The van der Waals surface area contributed by atoms with Gasteiger partial charge in [-0.25, -0.2) is 4.98 Å². The number of pyridine rings is 1. The van der Waals surface area contributed by atoms with Crippen molar-refractivity contribution in [3.63, 3.8) is 0 Å². The Hall–Kier alpha value is -1.21. The highest BCUT2D eigenvalue weighted by Gasteiger charge is 1.95. The molecule has 0 aliphatic rings. The lowest BCUT2D eigenvalue weighted by Gasteiger charge is -2.05. The number of nitriles is 1. The normalized spacial score (nSPS) is 9.88. The van der Waals surface area contributed by atoms with Gasteiger partial charge < -0.3 is 5.32 Å². The topological polar surface area (TPSA) is 48.7 Å². The second-order valence-corrected chi connectivity index (χ2v) is 4.86. The second kappa shape index (κ2) is 8.89. The van der Waals surface area contributed by atoms with Gasteiger partial charge in [-0.15, -0.1) is 0 Å². The van der Waals surface area contributed by atoms with Crippen LogP contribution in [0.4, 0.5) is 5.69 Å². The summed E-state index contributed by atoms with van der Waals surface area (Å²) in [5, 5.41) is 12.0. The quantitative estimate of drug-likeness (QED) is 0.718. The minimum absolute atomic E-state index is 0.468. The summed E-state index contributed by atoms with van der Waals surface area (Å²) in [7, 11) is 0. The van der Waals surface area contributed by atoms with Gasteiger partial charge in [-0.3, -0.25) is 0 Å². The van der Waals surface area contributed by atoms with Crippen LogP contribution in [0.3, 0.4) is 0 Å². The molecule has 1 heterocycles. The van der Waals surface area contributed by atoms with Gasteiger partial charge in [-0.05, 0) is 37.0 Å². The Morgan fingerprint density at radius 3 is 2.94 bits per heavy atom. The maximum Gasteiger partial charge on any atom is 0.142 e. The Balaban J connectivity index is 2.12. The molecular weight excluding hydrogens is 230 g/mol. The number of hydrogen-bond donors (Lipinski definition) is 1. The molecule has 3 nitrogen and oxygen atoms in total. The van der Waals surface area contributed by atoms with E-state index in [1.807, 2.05) is 23.9 Å². The SMILES string of the molecule is CSCCCCCCNc1ccnc(C#N)c1. The molecular formula is C13H19N3S. The highest BCUT2D eigenvalue weighted by atomic mass is 32.2. The summed E-state index contributed by atoms with van der Waals surface area (Å²) < 4.78 is 0. The molecule has 1 rings (SSSR count). The fourth-order valence-corrected chi connectivity index (χ4v) is 2.05. The van der Waals surface area contributed by atoms with Gasteiger partial charge in [0.15, 0.2) is 0 Å². The molecule has 0 aliphatic carbocycles. The third-order valence-corrected chi connectivity index (χ3v) is 3.18. The third kappa shape index (κ3) is 6.18. The molecule has 17 heavy (non-hydrogen) atoms. The van der Waals surface area contributed by atoms with Crippen LogP contribution in [-0.2, 0) is 0 Å². The molecule has 0 fully saturated rings. The van der Waals surface area contributed by atoms with Crippen molar-refractivity contribution < 1.29 is 0 Å². The Labute approximate surface area is 108 Å². The van der Waals surface area contributed by atoms with Crippen LogP contribution in [0.15, 0.2) is 18.3 Å². The number of nitrogens with zero attached hydrogens (tertiary/aromatic N) is 2. The first kappa shape index (κ1) is 13.9. The van der Waals surface area contributed by atoms with Crippen LogP contribution in [0.1, 0.15) is 31.4 Å². The molecule has 1 aromatic rings. The van der Waals surface area contributed by atoms with Gasteiger partial charge >= 0.3 is 0 Å². The number of aromatic nitrogens is 1. The van der Waals surface area contributed by atoms with Crippen molar-refractivity contribution in [1.82, 2.24) is 4.98 Å². The zero-order valence-electron chi connectivity index (χ0n) is 10.3. The summed E-state index contributed by atoms with van der Waals surface area (Å²) in [6.07, 6.45) is 8.89. The predicted octanol–water partition coefficient (Wildman–Crippen LogP) is 3.29. The van der Waals surface area contributed by atoms with E-state index in [0.717, 1.165) is 12.2 Å². The molecule has 92 valence electrons. The van der Waals surface area contributed by atoms with Crippen LogP contribution in [-0.4, -0.2) is 23.5 Å². The molecule has 0 unspecified atom stereocenters. The van der Waals surface area contributed by atoms with E-state index in [2.05, 4.69) is 16.6 Å². The Morgan fingerprint density at radius 2 is 2.18 bits per heavy atom. The zero-order chi connectivity index (χ0) is 12.3. The first-order chi connectivity index (χ1) is 8.36. The fourth-order valence-electron chi connectivity index (χ4n) is 1.56. The van der Waals surface area contributed by atoms with Crippen molar-refractivity contribution >= 4 is 17.4 Å². The summed E-state index contributed by atoms with van der Waals surface area (Å²) in [6, 6.07) is 5.72. The summed E-state index contributed by atoms with van der Waals surface area (Å²) in [5.74, 6) is 1.27. The molecule has 0 saturated heterocycles. The van der Waals surface area contributed by atoms with E-state index in [1.165, 1.54) is 31.4 Å². The summed E-state index contributed by atoms with van der Waals surface area (Å²) >= 11 is 1.91. The van der Waals surface area contributed by atoms with Crippen LogP contribution >= 0.6 is 11.8 Å². The van der Waals surface area contributed by atoms with Crippen molar-refractivity contribution in [2.75, 3.05) is 23.9 Å². The molecule has 1 N–H and O–H groups in total. The van der Waals surface area contributed by atoms with E-state index in [0.29, 0.717) is 5.69 Å². The largest absolute Gasteiger partial charge is 0.385 e.